The summed E-state index contributed by atoms with van der Waals surface area (Å²) in [4.78, 5) is 0. The highest BCUT2D eigenvalue weighted by Gasteiger charge is 2.13. The number of rotatable bonds is 22. The monoisotopic (exact) mass is 444 g/mol. The third-order valence-corrected chi connectivity index (χ3v) is 7.11. The zero-order valence-corrected chi connectivity index (χ0v) is 22.2. The lowest BCUT2D eigenvalue weighted by molar-refractivity contribution is 0.463. The molecule has 0 aliphatic rings. The molecule has 0 saturated heterocycles. The topological polar surface area (TPSA) is 20.2 Å². The molecule has 1 nitrogen and oxygen atoms in total. The Kier molecular flexibility index (Phi) is 18.7. The summed E-state index contributed by atoms with van der Waals surface area (Å²) in [5.41, 5.74) is 4.33. The number of aromatic hydroxyl groups is 1. The van der Waals surface area contributed by atoms with E-state index in [2.05, 4.69) is 26.8 Å². The Hall–Kier alpha value is -0.980. The van der Waals surface area contributed by atoms with Gasteiger partial charge < -0.3 is 5.11 Å². The van der Waals surface area contributed by atoms with Crippen molar-refractivity contribution in [2.45, 2.75) is 162 Å². The Balaban J connectivity index is 2.60. The first-order valence-electron chi connectivity index (χ1n) is 14.6. The minimum atomic E-state index is 0.558. The summed E-state index contributed by atoms with van der Waals surface area (Å²) < 4.78 is 0. The Morgan fingerprint density at radius 3 is 1.31 bits per heavy atom. The smallest absolute Gasteiger partial charge is 0.119 e. The van der Waals surface area contributed by atoms with Crippen molar-refractivity contribution in [1.29, 1.82) is 0 Å². The fourth-order valence-electron chi connectivity index (χ4n) is 4.99. The van der Waals surface area contributed by atoms with E-state index in [0.717, 1.165) is 12.8 Å². The molecule has 0 bridgehead atoms. The van der Waals surface area contributed by atoms with Crippen LogP contribution in [0.2, 0.25) is 0 Å². The molecule has 32 heavy (non-hydrogen) atoms. The van der Waals surface area contributed by atoms with Crippen LogP contribution in [0.1, 0.15) is 159 Å². The van der Waals surface area contributed by atoms with Gasteiger partial charge in [-0.2, -0.15) is 0 Å². The molecule has 1 heteroatoms. The van der Waals surface area contributed by atoms with Crippen LogP contribution < -0.4 is 0 Å². The van der Waals surface area contributed by atoms with E-state index in [1.54, 1.807) is 0 Å². The summed E-state index contributed by atoms with van der Waals surface area (Å²) in [7, 11) is 0. The average molecular weight is 445 g/mol. The van der Waals surface area contributed by atoms with Crippen LogP contribution in [0.3, 0.4) is 0 Å². The van der Waals surface area contributed by atoms with Gasteiger partial charge in [0, 0.05) is 0 Å². The highest BCUT2D eigenvalue weighted by Crippen LogP contribution is 2.30. The molecule has 0 spiro atoms. The van der Waals surface area contributed by atoms with E-state index in [9.17, 15) is 5.11 Å². The van der Waals surface area contributed by atoms with E-state index in [1.165, 1.54) is 145 Å². The van der Waals surface area contributed by atoms with Crippen LogP contribution in [0.5, 0.6) is 5.75 Å². The molecule has 0 aromatic heterocycles. The van der Waals surface area contributed by atoms with Crippen molar-refractivity contribution >= 4 is 0 Å². The molecule has 0 fully saturated rings. The van der Waals surface area contributed by atoms with Crippen molar-refractivity contribution in [2.24, 2.45) is 0 Å². The van der Waals surface area contributed by atoms with E-state index in [4.69, 9.17) is 0 Å². The molecule has 0 heterocycles. The average Bonchev–Trinajstić information content (AvgIpc) is 2.80. The molecule has 0 amide bonds. The van der Waals surface area contributed by atoms with Gasteiger partial charge in [0.05, 0.1) is 0 Å². The van der Waals surface area contributed by atoms with Crippen LogP contribution in [-0.2, 0) is 19.3 Å². The first kappa shape index (κ1) is 29.1. The number of unbranched alkanes of at least 4 members (excludes halogenated alkanes) is 16. The SMILES string of the molecule is CCCCCCCCCCc1c(CCCCCC)ccc(O)c1CCCCCCCCC. The van der Waals surface area contributed by atoms with Crippen molar-refractivity contribution in [2.75, 3.05) is 0 Å². The normalized spacial score (nSPS) is 11.3. The molecule has 0 saturated carbocycles. The van der Waals surface area contributed by atoms with Gasteiger partial charge in [-0.05, 0) is 61.3 Å². The fourth-order valence-corrected chi connectivity index (χ4v) is 4.99. The summed E-state index contributed by atoms with van der Waals surface area (Å²) in [5.74, 6) is 0.558. The van der Waals surface area contributed by atoms with Crippen LogP contribution >= 0.6 is 0 Å². The summed E-state index contributed by atoms with van der Waals surface area (Å²) in [6.07, 6.45) is 29.0. The van der Waals surface area contributed by atoms with Crippen molar-refractivity contribution < 1.29 is 5.11 Å². The van der Waals surface area contributed by atoms with Crippen molar-refractivity contribution in [3.63, 3.8) is 0 Å². The highest BCUT2D eigenvalue weighted by molar-refractivity contribution is 5.45. The molecule has 1 aromatic carbocycles. The lowest BCUT2D eigenvalue weighted by atomic mass is 9.89. The van der Waals surface area contributed by atoms with Gasteiger partial charge in [0.25, 0.3) is 0 Å². The van der Waals surface area contributed by atoms with Crippen LogP contribution in [0.15, 0.2) is 12.1 Å². The van der Waals surface area contributed by atoms with Crippen molar-refractivity contribution in [1.82, 2.24) is 0 Å². The quantitative estimate of drug-likeness (QED) is 0.176. The molecule has 1 N–H and O–H groups in total. The Morgan fingerprint density at radius 2 is 0.812 bits per heavy atom. The zero-order chi connectivity index (χ0) is 23.3. The summed E-state index contributed by atoms with van der Waals surface area (Å²) in [6.45, 7) is 6.86. The van der Waals surface area contributed by atoms with Crippen LogP contribution in [0, 0.1) is 0 Å². The Bertz CT molecular complexity index is 548. The molecule has 0 aliphatic carbocycles. The third kappa shape index (κ3) is 13.5. The predicted molar refractivity (Wildman–Crippen MR) is 144 cm³/mol. The number of hydrogen-bond acceptors (Lipinski definition) is 1. The molecule has 186 valence electrons. The van der Waals surface area contributed by atoms with Crippen molar-refractivity contribution in [3.8, 4) is 5.75 Å². The second kappa shape index (κ2) is 20.6. The lowest BCUT2D eigenvalue weighted by Gasteiger charge is -2.17. The molecule has 0 atom stereocenters. The van der Waals surface area contributed by atoms with E-state index in [-0.39, 0.29) is 0 Å². The number of phenolic OH excluding ortho intramolecular Hbond substituents is 1. The maximum Gasteiger partial charge on any atom is 0.119 e. The minimum Gasteiger partial charge on any atom is -0.508 e. The van der Waals surface area contributed by atoms with E-state index in [0.29, 0.717) is 5.75 Å². The maximum atomic E-state index is 10.7. The number of phenols is 1. The summed E-state index contributed by atoms with van der Waals surface area (Å²) >= 11 is 0. The van der Waals surface area contributed by atoms with Gasteiger partial charge in [0.1, 0.15) is 5.75 Å². The standard InChI is InChI=1S/C31H56O/c1-4-7-10-13-15-17-18-21-24-29-28(23-20-12-9-6-3)26-27-31(32)30(29)25-22-19-16-14-11-8-5-2/h26-27,32H,4-25H2,1-3H3. The second-order valence-corrected chi connectivity index (χ2v) is 10.1. The molecule has 0 aliphatic heterocycles. The molecule has 0 unspecified atom stereocenters. The Morgan fingerprint density at radius 1 is 0.438 bits per heavy atom. The van der Waals surface area contributed by atoms with E-state index >= 15 is 0 Å². The summed E-state index contributed by atoms with van der Waals surface area (Å²) in [6, 6.07) is 4.22. The number of hydrogen-bond donors (Lipinski definition) is 1. The largest absolute Gasteiger partial charge is 0.508 e. The molecular weight excluding hydrogens is 388 g/mol. The van der Waals surface area contributed by atoms with Gasteiger partial charge in [-0.3, -0.25) is 0 Å². The third-order valence-electron chi connectivity index (χ3n) is 7.11. The van der Waals surface area contributed by atoms with Crippen LogP contribution in [-0.4, -0.2) is 5.11 Å². The predicted octanol–water partition coefficient (Wildman–Crippen LogP) is 10.5. The van der Waals surface area contributed by atoms with Crippen LogP contribution in [0.4, 0.5) is 0 Å². The molecular formula is C31H56O. The van der Waals surface area contributed by atoms with Gasteiger partial charge in [-0.15, -0.1) is 0 Å². The minimum absolute atomic E-state index is 0.558. The highest BCUT2D eigenvalue weighted by atomic mass is 16.3. The first-order valence-corrected chi connectivity index (χ1v) is 14.6. The van der Waals surface area contributed by atoms with Gasteiger partial charge in [-0.1, -0.05) is 130 Å². The molecule has 0 radical (unpaired) electrons. The number of aryl methyl sites for hydroxylation is 1. The summed E-state index contributed by atoms with van der Waals surface area (Å²) in [5, 5.41) is 10.7. The lowest BCUT2D eigenvalue weighted by Crippen LogP contribution is -2.03. The molecule has 1 rings (SSSR count). The van der Waals surface area contributed by atoms with Gasteiger partial charge in [-0.25, -0.2) is 0 Å². The Labute approximate surface area is 201 Å². The van der Waals surface area contributed by atoms with Crippen molar-refractivity contribution in [3.05, 3.63) is 28.8 Å². The van der Waals surface area contributed by atoms with Crippen LogP contribution in [0.25, 0.3) is 0 Å². The fraction of sp³-hybridized carbons (Fsp3) is 0.806. The van der Waals surface area contributed by atoms with Gasteiger partial charge in [0.15, 0.2) is 0 Å². The molecule has 1 aromatic rings. The number of benzene rings is 1. The zero-order valence-electron chi connectivity index (χ0n) is 22.2. The van der Waals surface area contributed by atoms with Gasteiger partial charge in [0.2, 0.25) is 0 Å². The second-order valence-electron chi connectivity index (χ2n) is 10.1. The maximum absolute atomic E-state index is 10.7. The van der Waals surface area contributed by atoms with E-state index in [1.807, 2.05) is 6.07 Å². The first-order chi connectivity index (χ1) is 15.7. The van der Waals surface area contributed by atoms with Gasteiger partial charge >= 0.3 is 0 Å². The van der Waals surface area contributed by atoms with E-state index < -0.39 is 0 Å².